The molecule has 0 spiro atoms. The van der Waals surface area contributed by atoms with Gasteiger partial charge in [0.2, 0.25) is 0 Å². The van der Waals surface area contributed by atoms with Crippen LogP contribution in [0.1, 0.15) is 11.1 Å². The van der Waals surface area contributed by atoms with Crippen molar-refractivity contribution < 1.29 is 14.7 Å². The first-order valence-corrected chi connectivity index (χ1v) is 9.10. The fourth-order valence-corrected chi connectivity index (χ4v) is 3.74. The summed E-state index contributed by atoms with van der Waals surface area (Å²) >= 11 is 7.35. The Kier molecular flexibility index (Phi) is 5.27. The van der Waals surface area contributed by atoms with Crippen LogP contribution in [0.3, 0.4) is 0 Å². The maximum absolute atomic E-state index is 13.1. The molecule has 2 aromatic rings. The largest absolute Gasteiger partial charge is 0.396 e. The topological polar surface area (TPSA) is 57.6 Å². The third kappa shape index (κ3) is 3.23. The molecule has 0 bridgehead atoms. The Balaban J connectivity index is 2.11. The van der Waals surface area contributed by atoms with Crippen LogP contribution < -0.4 is 4.90 Å². The first-order valence-electron chi connectivity index (χ1n) is 7.73. The number of amides is 2. The van der Waals surface area contributed by atoms with Crippen molar-refractivity contribution in [2.45, 2.75) is 6.92 Å². The average molecular weight is 374 g/mol. The molecule has 128 valence electrons. The van der Waals surface area contributed by atoms with Crippen LogP contribution in [0.15, 0.2) is 53.4 Å². The maximum atomic E-state index is 13.1. The average Bonchev–Trinajstić information content (AvgIpc) is 2.86. The quantitative estimate of drug-likeness (QED) is 0.812. The van der Waals surface area contributed by atoms with Crippen LogP contribution in [-0.2, 0) is 9.59 Å². The van der Waals surface area contributed by atoms with Crippen LogP contribution in [0, 0.1) is 6.92 Å². The highest BCUT2D eigenvalue weighted by Gasteiger charge is 2.40. The molecule has 1 N–H and O–H groups in total. The Morgan fingerprint density at radius 3 is 2.44 bits per heavy atom. The molecule has 1 aliphatic heterocycles. The van der Waals surface area contributed by atoms with E-state index in [0.717, 1.165) is 0 Å². The van der Waals surface area contributed by atoms with Crippen LogP contribution in [0.2, 0.25) is 5.02 Å². The minimum absolute atomic E-state index is 0.0755. The van der Waals surface area contributed by atoms with Gasteiger partial charge in [0.25, 0.3) is 11.8 Å². The van der Waals surface area contributed by atoms with Gasteiger partial charge in [0.15, 0.2) is 0 Å². The predicted octanol–water partition coefficient (Wildman–Crippen LogP) is 3.66. The van der Waals surface area contributed by atoms with Gasteiger partial charge in [0.1, 0.15) is 0 Å². The summed E-state index contributed by atoms with van der Waals surface area (Å²) in [7, 11) is 0. The summed E-state index contributed by atoms with van der Waals surface area (Å²) in [4.78, 5) is 27.6. The lowest BCUT2D eigenvalue weighted by Crippen LogP contribution is -2.32. The van der Waals surface area contributed by atoms with Crippen molar-refractivity contribution in [3.63, 3.8) is 0 Å². The molecule has 0 radical (unpaired) electrons. The minimum Gasteiger partial charge on any atom is -0.396 e. The van der Waals surface area contributed by atoms with Gasteiger partial charge in [-0.3, -0.25) is 9.59 Å². The Hall–Kier alpha value is -2.08. The maximum Gasteiger partial charge on any atom is 0.272 e. The van der Waals surface area contributed by atoms with Gasteiger partial charge < -0.3 is 5.11 Å². The lowest BCUT2D eigenvalue weighted by atomic mass is 10.1. The van der Waals surface area contributed by atoms with E-state index < -0.39 is 0 Å². The van der Waals surface area contributed by atoms with Crippen molar-refractivity contribution in [2.75, 3.05) is 17.3 Å². The highest BCUT2D eigenvalue weighted by molar-refractivity contribution is 8.04. The molecule has 6 heteroatoms. The summed E-state index contributed by atoms with van der Waals surface area (Å²) < 4.78 is 0. The van der Waals surface area contributed by atoms with Gasteiger partial charge >= 0.3 is 0 Å². The molecule has 25 heavy (non-hydrogen) atoms. The number of rotatable bonds is 5. The second-order valence-electron chi connectivity index (χ2n) is 5.47. The number of aliphatic hydroxyl groups excluding tert-OH is 1. The number of halogens is 1. The first-order chi connectivity index (χ1) is 12.1. The predicted molar refractivity (Wildman–Crippen MR) is 102 cm³/mol. The lowest BCUT2D eigenvalue weighted by molar-refractivity contribution is -0.119. The molecule has 2 aromatic carbocycles. The summed E-state index contributed by atoms with van der Waals surface area (Å²) in [6, 6.07) is 14.2. The fraction of sp³-hybridized carbons (Fsp3) is 0.158. The van der Waals surface area contributed by atoms with Gasteiger partial charge in [0, 0.05) is 10.8 Å². The molecule has 1 heterocycles. The molecule has 0 atom stereocenters. The molecule has 0 aliphatic carbocycles. The molecule has 3 rings (SSSR count). The Morgan fingerprint density at radius 1 is 1.04 bits per heavy atom. The zero-order valence-corrected chi connectivity index (χ0v) is 15.1. The Bertz CT molecular complexity index is 864. The highest BCUT2D eigenvalue weighted by Crippen LogP contribution is 2.40. The Morgan fingerprint density at radius 2 is 1.76 bits per heavy atom. The monoisotopic (exact) mass is 373 g/mol. The third-order valence-electron chi connectivity index (χ3n) is 3.92. The van der Waals surface area contributed by atoms with Gasteiger partial charge in [-0.2, -0.15) is 0 Å². The van der Waals surface area contributed by atoms with Crippen molar-refractivity contribution >= 4 is 46.4 Å². The standard InChI is InChI=1S/C19H16ClNO3S/c1-12-14(20)8-5-9-15(12)21-18(23)16(13-6-3-2-4-7-13)17(19(21)24)25-11-10-22/h2-9,22H,10-11H2,1H3. The van der Waals surface area contributed by atoms with Crippen molar-refractivity contribution in [3.05, 3.63) is 69.6 Å². The van der Waals surface area contributed by atoms with E-state index in [1.807, 2.05) is 18.2 Å². The smallest absolute Gasteiger partial charge is 0.272 e. The summed E-state index contributed by atoms with van der Waals surface area (Å²) in [5.74, 6) is -0.415. The van der Waals surface area contributed by atoms with Crippen molar-refractivity contribution in [3.8, 4) is 0 Å². The van der Waals surface area contributed by atoms with Gasteiger partial charge in [-0.25, -0.2) is 4.90 Å². The first kappa shape index (κ1) is 17.7. The fourth-order valence-electron chi connectivity index (χ4n) is 2.71. The minimum atomic E-state index is -0.382. The molecule has 4 nitrogen and oxygen atoms in total. The summed E-state index contributed by atoms with van der Waals surface area (Å²) in [6.45, 7) is 1.70. The zero-order chi connectivity index (χ0) is 18.0. The number of nitrogens with zero attached hydrogens (tertiary/aromatic N) is 1. The van der Waals surface area contributed by atoms with Gasteiger partial charge in [-0.05, 0) is 30.2 Å². The second-order valence-corrected chi connectivity index (χ2v) is 6.98. The molecule has 0 saturated heterocycles. The van der Waals surface area contributed by atoms with Gasteiger partial charge in [0.05, 0.1) is 22.8 Å². The number of imide groups is 1. The number of anilines is 1. The Labute approximate surface area is 155 Å². The number of aliphatic hydroxyl groups is 1. The molecule has 0 saturated carbocycles. The van der Waals surface area contributed by atoms with E-state index in [4.69, 9.17) is 16.7 Å². The molecule has 0 unspecified atom stereocenters. The van der Waals surface area contributed by atoms with Crippen LogP contribution in [-0.4, -0.2) is 29.3 Å². The zero-order valence-electron chi connectivity index (χ0n) is 13.5. The summed E-state index contributed by atoms with van der Waals surface area (Å²) in [5.41, 5.74) is 2.20. The van der Waals surface area contributed by atoms with E-state index in [0.29, 0.717) is 38.1 Å². The number of benzene rings is 2. The normalized spacial score (nSPS) is 14.6. The van der Waals surface area contributed by atoms with E-state index in [1.54, 1.807) is 37.3 Å². The number of hydrogen-bond acceptors (Lipinski definition) is 4. The highest BCUT2D eigenvalue weighted by atomic mass is 35.5. The molecule has 1 aliphatic rings. The molecule has 2 amide bonds. The molecular weight excluding hydrogens is 358 g/mol. The SMILES string of the molecule is Cc1c(Cl)cccc1N1C(=O)C(SCCO)=C(c2ccccc2)C1=O. The van der Waals surface area contributed by atoms with E-state index in [9.17, 15) is 9.59 Å². The van der Waals surface area contributed by atoms with Crippen LogP contribution in [0.25, 0.3) is 5.57 Å². The van der Waals surface area contributed by atoms with Crippen LogP contribution in [0.4, 0.5) is 5.69 Å². The van der Waals surface area contributed by atoms with Gasteiger partial charge in [-0.15, -0.1) is 11.8 Å². The lowest BCUT2D eigenvalue weighted by Gasteiger charge is -2.18. The van der Waals surface area contributed by atoms with E-state index in [2.05, 4.69) is 0 Å². The summed E-state index contributed by atoms with van der Waals surface area (Å²) in [5, 5.41) is 9.62. The number of hydrogen-bond donors (Lipinski definition) is 1. The van der Waals surface area contributed by atoms with Crippen LogP contribution >= 0.6 is 23.4 Å². The second kappa shape index (κ2) is 7.44. The van der Waals surface area contributed by atoms with Crippen molar-refractivity contribution in [1.29, 1.82) is 0 Å². The van der Waals surface area contributed by atoms with E-state index >= 15 is 0 Å². The number of carbonyl (C=O) groups is 2. The van der Waals surface area contributed by atoms with Gasteiger partial charge in [-0.1, -0.05) is 48.0 Å². The van der Waals surface area contributed by atoms with Crippen molar-refractivity contribution in [1.82, 2.24) is 0 Å². The number of thioether (sulfide) groups is 1. The number of carbonyl (C=O) groups excluding carboxylic acids is 2. The van der Waals surface area contributed by atoms with Crippen LogP contribution in [0.5, 0.6) is 0 Å². The molecule has 0 fully saturated rings. The van der Waals surface area contributed by atoms with Crippen molar-refractivity contribution in [2.24, 2.45) is 0 Å². The molecular formula is C19H16ClNO3S. The van der Waals surface area contributed by atoms with E-state index in [-0.39, 0.29) is 18.4 Å². The van der Waals surface area contributed by atoms with E-state index in [1.165, 1.54) is 16.7 Å². The third-order valence-corrected chi connectivity index (χ3v) is 5.39. The summed E-state index contributed by atoms with van der Waals surface area (Å²) in [6.07, 6.45) is 0. The molecule has 0 aromatic heterocycles.